The molecule has 0 spiro atoms. The SMILES string of the molecule is CNCc1ccc(-c2ccc(OC)cc2F)cc1Cl. The van der Waals surface area contributed by atoms with E-state index >= 15 is 0 Å². The summed E-state index contributed by atoms with van der Waals surface area (Å²) in [6.07, 6.45) is 0. The standard InChI is InChI=1S/C15H15ClFNO/c1-18-9-11-4-3-10(7-14(11)16)13-6-5-12(19-2)8-15(13)17/h3-8,18H,9H2,1-2H3. The summed E-state index contributed by atoms with van der Waals surface area (Å²) in [5.41, 5.74) is 2.26. The second kappa shape index (κ2) is 6.04. The fourth-order valence-corrected chi connectivity index (χ4v) is 2.15. The van der Waals surface area contributed by atoms with E-state index in [-0.39, 0.29) is 5.82 Å². The van der Waals surface area contributed by atoms with E-state index in [0.717, 1.165) is 11.1 Å². The largest absolute Gasteiger partial charge is 0.497 e. The predicted octanol–water partition coefficient (Wildman–Crippen LogP) is 3.87. The Kier molecular flexibility index (Phi) is 4.40. The van der Waals surface area contributed by atoms with E-state index in [1.165, 1.54) is 13.2 Å². The van der Waals surface area contributed by atoms with Gasteiger partial charge in [0.1, 0.15) is 11.6 Å². The summed E-state index contributed by atoms with van der Waals surface area (Å²) in [4.78, 5) is 0. The van der Waals surface area contributed by atoms with Gasteiger partial charge in [-0.15, -0.1) is 0 Å². The summed E-state index contributed by atoms with van der Waals surface area (Å²) in [7, 11) is 3.37. The summed E-state index contributed by atoms with van der Waals surface area (Å²) in [5.74, 6) is 0.177. The Morgan fingerprint density at radius 3 is 2.58 bits per heavy atom. The molecule has 2 aromatic rings. The third-order valence-corrected chi connectivity index (χ3v) is 3.26. The normalized spacial score (nSPS) is 10.5. The van der Waals surface area contributed by atoms with Crippen molar-refractivity contribution in [3.63, 3.8) is 0 Å². The quantitative estimate of drug-likeness (QED) is 0.917. The van der Waals surface area contributed by atoms with Gasteiger partial charge in [0.15, 0.2) is 0 Å². The topological polar surface area (TPSA) is 21.3 Å². The molecule has 0 amide bonds. The average Bonchev–Trinajstić information content (AvgIpc) is 2.41. The number of halogens is 2. The maximum absolute atomic E-state index is 14.0. The zero-order chi connectivity index (χ0) is 13.8. The van der Waals surface area contributed by atoms with E-state index in [4.69, 9.17) is 16.3 Å². The number of ether oxygens (including phenoxy) is 1. The van der Waals surface area contributed by atoms with Crippen LogP contribution >= 0.6 is 11.6 Å². The Labute approximate surface area is 117 Å². The molecular weight excluding hydrogens is 265 g/mol. The summed E-state index contributed by atoms with van der Waals surface area (Å²) in [6, 6.07) is 10.3. The first-order valence-electron chi connectivity index (χ1n) is 5.92. The van der Waals surface area contributed by atoms with Crippen LogP contribution in [0.5, 0.6) is 5.75 Å². The molecule has 0 bridgehead atoms. The minimum atomic E-state index is -0.322. The lowest BCUT2D eigenvalue weighted by molar-refractivity contribution is 0.411. The average molecular weight is 280 g/mol. The van der Waals surface area contributed by atoms with Crippen molar-refractivity contribution in [2.45, 2.75) is 6.54 Å². The number of rotatable bonds is 4. The summed E-state index contributed by atoms with van der Waals surface area (Å²) < 4.78 is 19.0. The van der Waals surface area contributed by atoms with Crippen LogP contribution in [0.4, 0.5) is 4.39 Å². The first-order valence-corrected chi connectivity index (χ1v) is 6.30. The molecule has 2 rings (SSSR count). The molecule has 0 aliphatic heterocycles. The van der Waals surface area contributed by atoms with Crippen molar-refractivity contribution in [1.29, 1.82) is 0 Å². The molecule has 1 N–H and O–H groups in total. The Morgan fingerprint density at radius 2 is 2.00 bits per heavy atom. The Hall–Kier alpha value is -1.58. The van der Waals surface area contributed by atoms with Gasteiger partial charge in [-0.3, -0.25) is 0 Å². The van der Waals surface area contributed by atoms with Crippen LogP contribution < -0.4 is 10.1 Å². The molecule has 0 aliphatic rings. The third-order valence-electron chi connectivity index (χ3n) is 2.91. The van der Waals surface area contributed by atoms with Gasteiger partial charge in [0, 0.05) is 23.2 Å². The van der Waals surface area contributed by atoms with Gasteiger partial charge < -0.3 is 10.1 Å². The number of nitrogens with one attached hydrogen (secondary N) is 1. The van der Waals surface area contributed by atoms with Crippen molar-refractivity contribution in [3.8, 4) is 16.9 Å². The number of methoxy groups -OCH3 is 1. The van der Waals surface area contributed by atoms with Gasteiger partial charge in [-0.1, -0.05) is 23.7 Å². The van der Waals surface area contributed by atoms with Gasteiger partial charge in [0.05, 0.1) is 7.11 Å². The van der Waals surface area contributed by atoms with Crippen LogP contribution in [0, 0.1) is 5.82 Å². The van der Waals surface area contributed by atoms with Crippen molar-refractivity contribution >= 4 is 11.6 Å². The van der Waals surface area contributed by atoms with Crippen LogP contribution in [0.3, 0.4) is 0 Å². The highest BCUT2D eigenvalue weighted by molar-refractivity contribution is 6.31. The Balaban J connectivity index is 2.39. The highest BCUT2D eigenvalue weighted by Gasteiger charge is 2.08. The van der Waals surface area contributed by atoms with Crippen molar-refractivity contribution in [2.75, 3.05) is 14.2 Å². The third kappa shape index (κ3) is 3.06. The predicted molar refractivity (Wildman–Crippen MR) is 76.2 cm³/mol. The van der Waals surface area contributed by atoms with Crippen molar-refractivity contribution in [3.05, 3.63) is 52.8 Å². The van der Waals surface area contributed by atoms with Crippen LogP contribution in [0.1, 0.15) is 5.56 Å². The van der Waals surface area contributed by atoms with E-state index in [0.29, 0.717) is 22.9 Å². The number of benzene rings is 2. The summed E-state index contributed by atoms with van der Waals surface area (Å²) in [6.45, 7) is 0.685. The first-order chi connectivity index (χ1) is 9.15. The first kappa shape index (κ1) is 13.8. The second-order valence-electron chi connectivity index (χ2n) is 4.18. The molecule has 0 saturated carbocycles. The van der Waals surface area contributed by atoms with Gasteiger partial charge in [0.2, 0.25) is 0 Å². The smallest absolute Gasteiger partial charge is 0.134 e. The summed E-state index contributed by atoms with van der Waals surface area (Å²) in [5, 5.41) is 3.66. The van der Waals surface area contributed by atoms with Gasteiger partial charge in [-0.05, 0) is 36.4 Å². The lowest BCUT2D eigenvalue weighted by atomic mass is 10.0. The van der Waals surface area contributed by atoms with E-state index in [1.807, 2.05) is 19.2 Å². The highest BCUT2D eigenvalue weighted by atomic mass is 35.5. The molecule has 0 unspecified atom stereocenters. The Bertz CT molecular complexity index is 586. The minimum Gasteiger partial charge on any atom is -0.497 e. The van der Waals surface area contributed by atoms with E-state index < -0.39 is 0 Å². The van der Waals surface area contributed by atoms with Crippen molar-refractivity contribution in [1.82, 2.24) is 5.32 Å². The van der Waals surface area contributed by atoms with E-state index in [1.54, 1.807) is 18.2 Å². The maximum Gasteiger partial charge on any atom is 0.134 e. The number of hydrogen-bond acceptors (Lipinski definition) is 2. The van der Waals surface area contributed by atoms with E-state index in [2.05, 4.69) is 5.32 Å². The second-order valence-corrected chi connectivity index (χ2v) is 4.59. The van der Waals surface area contributed by atoms with E-state index in [9.17, 15) is 4.39 Å². The molecule has 100 valence electrons. The molecule has 0 aromatic heterocycles. The molecule has 0 heterocycles. The fraction of sp³-hybridized carbons (Fsp3) is 0.200. The molecule has 0 atom stereocenters. The molecule has 2 aromatic carbocycles. The fourth-order valence-electron chi connectivity index (χ4n) is 1.91. The van der Waals surface area contributed by atoms with Crippen LogP contribution in [0.2, 0.25) is 5.02 Å². The lowest BCUT2D eigenvalue weighted by Gasteiger charge is -2.09. The molecule has 19 heavy (non-hydrogen) atoms. The molecule has 0 fully saturated rings. The van der Waals surface area contributed by atoms with Gasteiger partial charge in [0.25, 0.3) is 0 Å². The van der Waals surface area contributed by atoms with Crippen molar-refractivity contribution < 1.29 is 9.13 Å². The van der Waals surface area contributed by atoms with Crippen LogP contribution in [-0.2, 0) is 6.54 Å². The zero-order valence-electron chi connectivity index (χ0n) is 10.8. The molecule has 0 saturated heterocycles. The Morgan fingerprint density at radius 1 is 1.21 bits per heavy atom. The van der Waals surface area contributed by atoms with Crippen molar-refractivity contribution in [2.24, 2.45) is 0 Å². The molecular formula is C15H15ClFNO. The molecule has 4 heteroatoms. The minimum absolute atomic E-state index is 0.322. The maximum atomic E-state index is 14.0. The van der Waals surface area contributed by atoms with Gasteiger partial charge in [-0.25, -0.2) is 4.39 Å². The summed E-state index contributed by atoms with van der Waals surface area (Å²) >= 11 is 6.18. The highest BCUT2D eigenvalue weighted by Crippen LogP contribution is 2.29. The number of hydrogen-bond donors (Lipinski definition) is 1. The van der Waals surface area contributed by atoms with Gasteiger partial charge >= 0.3 is 0 Å². The van der Waals surface area contributed by atoms with Gasteiger partial charge in [-0.2, -0.15) is 0 Å². The van der Waals surface area contributed by atoms with Crippen LogP contribution in [0.15, 0.2) is 36.4 Å². The van der Waals surface area contributed by atoms with Crippen LogP contribution in [0.25, 0.3) is 11.1 Å². The zero-order valence-corrected chi connectivity index (χ0v) is 11.6. The van der Waals surface area contributed by atoms with Crippen LogP contribution in [-0.4, -0.2) is 14.2 Å². The molecule has 0 radical (unpaired) electrons. The molecule has 2 nitrogen and oxygen atoms in total. The molecule has 0 aliphatic carbocycles. The monoisotopic (exact) mass is 279 g/mol. The lowest BCUT2D eigenvalue weighted by Crippen LogP contribution is -2.05.